The van der Waals surface area contributed by atoms with Gasteiger partial charge in [0, 0.05) is 37.3 Å². The largest absolute Gasteiger partial charge is 0.491 e. The van der Waals surface area contributed by atoms with E-state index < -0.39 is 5.97 Å². The van der Waals surface area contributed by atoms with Crippen molar-refractivity contribution in [1.29, 1.82) is 0 Å². The first-order valence-corrected chi connectivity index (χ1v) is 11.9. The number of fused-ring (bicyclic) bond motifs is 5. The Labute approximate surface area is 199 Å². The molecule has 1 aliphatic rings. The highest BCUT2D eigenvalue weighted by Crippen LogP contribution is 2.43. The summed E-state index contributed by atoms with van der Waals surface area (Å²) >= 11 is 0. The van der Waals surface area contributed by atoms with Crippen LogP contribution in [-0.4, -0.2) is 46.7 Å². The van der Waals surface area contributed by atoms with E-state index in [1.54, 1.807) is 13.1 Å². The summed E-state index contributed by atoms with van der Waals surface area (Å²) in [5.74, 6) is 0.113. The summed E-state index contributed by atoms with van der Waals surface area (Å²) in [5, 5.41) is 5.81. The number of carbonyl (C=O) groups excluding carboxylic acids is 1. The SMILES string of the molecule is CCOCCCOc1cccc2c3n(nc12)CC(C(C)(C)C)n1cc(C(=O)OCC)c(=O)cc1-3. The number of benzene rings is 1. The molecule has 0 spiro atoms. The highest BCUT2D eigenvalue weighted by atomic mass is 16.5. The molecule has 0 bridgehead atoms. The van der Waals surface area contributed by atoms with Crippen LogP contribution < -0.4 is 10.2 Å². The molecule has 4 rings (SSSR count). The van der Waals surface area contributed by atoms with Gasteiger partial charge < -0.3 is 18.8 Å². The normalized spacial score (nSPS) is 15.1. The van der Waals surface area contributed by atoms with E-state index in [1.807, 2.05) is 34.4 Å². The summed E-state index contributed by atoms with van der Waals surface area (Å²) < 4.78 is 20.6. The quantitative estimate of drug-likeness (QED) is 0.360. The maximum absolute atomic E-state index is 12.9. The third-order valence-electron chi connectivity index (χ3n) is 6.13. The molecule has 1 aromatic carbocycles. The van der Waals surface area contributed by atoms with Crippen molar-refractivity contribution >= 4 is 16.9 Å². The van der Waals surface area contributed by atoms with Crippen LogP contribution in [0.15, 0.2) is 35.3 Å². The first-order chi connectivity index (χ1) is 16.3. The average molecular weight is 468 g/mol. The van der Waals surface area contributed by atoms with Crippen molar-refractivity contribution in [3.63, 3.8) is 0 Å². The Bertz CT molecular complexity index is 1250. The molecular formula is C26H33N3O5. The molecule has 0 fully saturated rings. The van der Waals surface area contributed by atoms with Gasteiger partial charge >= 0.3 is 5.97 Å². The van der Waals surface area contributed by atoms with Crippen LogP contribution in [0, 0.1) is 5.41 Å². The summed E-state index contributed by atoms with van der Waals surface area (Å²) in [6.45, 7) is 12.8. The first kappa shape index (κ1) is 24.0. The summed E-state index contributed by atoms with van der Waals surface area (Å²) in [7, 11) is 0. The second-order valence-corrected chi connectivity index (χ2v) is 9.53. The molecule has 0 aliphatic carbocycles. The first-order valence-electron chi connectivity index (χ1n) is 11.9. The minimum absolute atomic E-state index is 0.0198. The molecule has 0 amide bonds. The van der Waals surface area contributed by atoms with Crippen LogP contribution in [0.25, 0.3) is 22.3 Å². The number of carbonyl (C=O) groups is 1. The van der Waals surface area contributed by atoms with Crippen LogP contribution in [0.2, 0.25) is 0 Å². The lowest BCUT2D eigenvalue weighted by Gasteiger charge is -2.38. The molecule has 8 heteroatoms. The summed E-state index contributed by atoms with van der Waals surface area (Å²) in [6.07, 6.45) is 2.45. The Morgan fingerprint density at radius 1 is 1.18 bits per heavy atom. The highest BCUT2D eigenvalue weighted by Gasteiger charge is 2.35. The van der Waals surface area contributed by atoms with Crippen molar-refractivity contribution in [1.82, 2.24) is 14.3 Å². The third-order valence-corrected chi connectivity index (χ3v) is 6.13. The Morgan fingerprint density at radius 2 is 1.97 bits per heavy atom. The summed E-state index contributed by atoms with van der Waals surface area (Å²) in [6, 6.07) is 7.36. The predicted octanol–water partition coefficient (Wildman–Crippen LogP) is 4.45. The van der Waals surface area contributed by atoms with Crippen LogP contribution in [0.4, 0.5) is 0 Å². The second kappa shape index (κ2) is 9.62. The van der Waals surface area contributed by atoms with Gasteiger partial charge in [-0.25, -0.2) is 4.79 Å². The fourth-order valence-corrected chi connectivity index (χ4v) is 4.43. The van der Waals surface area contributed by atoms with Gasteiger partial charge in [-0.05, 0) is 25.3 Å². The lowest BCUT2D eigenvalue weighted by atomic mass is 9.85. The van der Waals surface area contributed by atoms with E-state index in [4.69, 9.17) is 19.3 Å². The standard InChI is InChI=1S/C26H33N3O5/c1-6-32-12-9-13-34-21-11-8-10-17-23(21)27-29-16-22(26(3,4)5)28-15-18(25(31)33-7-2)20(30)14-19(28)24(17)29/h8,10-11,14-15,22H,6-7,9,12-13,16H2,1-5H3. The molecule has 8 nitrogen and oxygen atoms in total. The highest BCUT2D eigenvalue weighted by molar-refractivity contribution is 5.97. The van der Waals surface area contributed by atoms with Gasteiger partial charge in [0.1, 0.15) is 16.8 Å². The average Bonchev–Trinajstić information content (AvgIpc) is 3.17. The number of aromatic nitrogens is 3. The molecule has 0 radical (unpaired) electrons. The Morgan fingerprint density at radius 3 is 2.68 bits per heavy atom. The van der Waals surface area contributed by atoms with Gasteiger partial charge in [0.15, 0.2) is 5.43 Å². The van der Waals surface area contributed by atoms with Gasteiger partial charge in [-0.3, -0.25) is 9.48 Å². The van der Waals surface area contributed by atoms with Crippen molar-refractivity contribution in [2.45, 2.75) is 53.6 Å². The number of hydrogen-bond acceptors (Lipinski definition) is 6. The van der Waals surface area contributed by atoms with Gasteiger partial charge in [-0.2, -0.15) is 5.10 Å². The minimum Gasteiger partial charge on any atom is -0.491 e. The van der Waals surface area contributed by atoms with Crippen molar-refractivity contribution in [3.05, 3.63) is 46.2 Å². The zero-order valence-corrected chi connectivity index (χ0v) is 20.6. The van der Waals surface area contributed by atoms with E-state index in [1.165, 1.54) is 6.07 Å². The smallest absolute Gasteiger partial charge is 0.343 e. The fraction of sp³-hybridized carbons (Fsp3) is 0.500. The maximum Gasteiger partial charge on any atom is 0.343 e. The molecule has 0 saturated heterocycles. The van der Waals surface area contributed by atoms with Crippen LogP contribution >= 0.6 is 0 Å². The monoisotopic (exact) mass is 467 g/mol. The lowest BCUT2D eigenvalue weighted by Crippen LogP contribution is -2.35. The number of hydrogen-bond donors (Lipinski definition) is 0. The number of esters is 1. The molecule has 3 aromatic rings. The fourth-order valence-electron chi connectivity index (χ4n) is 4.43. The molecule has 0 N–H and O–H groups in total. The topological polar surface area (TPSA) is 84.6 Å². The summed E-state index contributed by atoms with van der Waals surface area (Å²) in [4.78, 5) is 25.4. The third kappa shape index (κ3) is 4.46. The zero-order valence-electron chi connectivity index (χ0n) is 20.6. The van der Waals surface area contributed by atoms with E-state index in [0.29, 0.717) is 32.1 Å². The van der Waals surface area contributed by atoms with Crippen molar-refractivity contribution in [2.24, 2.45) is 5.41 Å². The molecule has 2 aromatic heterocycles. The Hall–Kier alpha value is -3.13. The van der Waals surface area contributed by atoms with Crippen LogP contribution in [-0.2, 0) is 16.0 Å². The van der Waals surface area contributed by atoms with Crippen molar-refractivity contribution < 1.29 is 19.0 Å². The Balaban J connectivity index is 1.82. The van der Waals surface area contributed by atoms with Crippen LogP contribution in [0.3, 0.4) is 0 Å². The van der Waals surface area contributed by atoms with E-state index >= 15 is 0 Å². The molecule has 1 aliphatic heterocycles. The van der Waals surface area contributed by atoms with E-state index in [9.17, 15) is 9.59 Å². The van der Waals surface area contributed by atoms with Gasteiger partial charge in [-0.1, -0.05) is 32.9 Å². The minimum atomic E-state index is -0.595. The number of pyridine rings is 1. The van der Waals surface area contributed by atoms with E-state index in [2.05, 4.69) is 20.8 Å². The summed E-state index contributed by atoms with van der Waals surface area (Å²) in [5.41, 5.74) is 1.89. The molecule has 1 atom stereocenters. The number of rotatable bonds is 8. The molecule has 1 unspecified atom stereocenters. The molecule has 0 saturated carbocycles. The Kier molecular flexibility index (Phi) is 6.79. The molecule has 3 heterocycles. The van der Waals surface area contributed by atoms with E-state index in [-0.39, 0.29) is 29.1 Å². The van der Waals surface area contributed by atoms with Gasteiger partial charge in [0.25, 0.3) is 0 Å². The molecule has 34 heavy (non-hydrogen) atoms. The predicted molar refractivity (Wildman–Crippen MR) is 130 cm³/mol. The van der Waals surface area contributed by atoms with E-state index in [0.717, 1.165) is 28.7 Å². The van der Waals surface area contributed by atoms with Gasteiger partial charge in [0.2, 0.25) is 0 Å². The van der Waals surface area contributed by atoms with Gasteiger partial charge in [0.05, 0.1) is 37.2 Å². The van der Waals surface area contributed by atoms with Crippen molar-refractivity contribution in [3.8, 4) is 17.1 Å². The van der Waals surface area contributed by atoms with Crippen LogP contribution in [0.1, 0.15) is 57.4 Å². The second-order valence-electron chi connectivity index (χ2n) is 9.53. The van der Waals surface area contributed by atoms with Crippen molar-refractivity contribution in [2.75, 3.05) is 26.4 Å². The number of ether oxygens (including phenoxy) is 3. The van der Waals surface area contributed by atoms with Gasteiger partial charge in [-0.15, -0.1) is 0 Å². The maximum atomic E-state index is 12.9. The molecular weight excluding hydrogens is 434 g/mol. The number of nitrogens with zero attached hydrogens (tertiary/aromatic N) is 3. The lowest BCUT2D eigenvalue weighted by molar-refractivity contribution is 0.0522. The zero-order chi connectivity index (χ0) is 24.5. The van der Waals surface area contributed by atoms with Crippen LogP contribution in [0.5, 0.6) is 5.75 Å². The molecule has 182 valence electrons.